The highest BCUT2D eigenvalue weighted by atomic mass is 79.9. The topological polar surface area (TPSA) is 70.8 Å². The fourth-order valence-corrected chi connectivity index (χ4v) is 3.82. The standard InChI is InChI=1S/C23H19BrN2O4/c24-17-8-10-18(11-9-17)26-21(27)15-19(22(26)28)25(23(29)20-7-4-14-30-20)13-12-16-5-2-1-3-6-16/h1-11,14,19H,12-13,15H2. The number of furan rings is 1. The van der Waals surface area contributed by atoms with Crippen molar-refractivity contribution in [3.05, 3.63) is 88.8 Å². The highest BCUT2D eigenvalue weighted by molar-refractivity contribution is 9.10. The van der Waals surface area contributed by atoms with Gasteiger partial charge in [0, 0.05) is 11.0 Å². The molecule has 6 nitrogen and oxygen atoms in total. The highest BCUT2D eigenvalue weighted by Gasteiger charge is 2.44. The number of carbonyl (C=O) groups is 3. The molecule has 7 heteroatoms. The van der Waals surface area contributed by atoms with Crippen molar-refractivity contribution >= 4 is 39.3 Å². The van der Waals surface area contributed by atoms with E-state index in [0.717, 1.165) is 14.9 Å². The lowest BCUT2D eigenvalue weighted by atomic mass is 10.1. The van der Waals surface area contributed by atoms with Gasteiger partial charge in [-0.1, -0.05) is 46.3 Å². The Morgan fingerprint density at radius 3 is 2.43 bits per heavy atom. The van der Waals surface area contributed by atoms with Crippen LogP contribution in [0.1, 0.15) is 22.5 Å². The summed E-state index contributed by atoms with van der Waals surface area (Å²) in [6, 6.07) is 18.9. The average molecular weight is 467 g/mol. The van der Waals surface area contributed by atoms with Crippen LogP contribution in [0, 0.1) is 0 Å². The summed E-state index contributed by atoms with van der Waals surface area (Å²) in [5, 5.41) is 0. The van der Waals surface area contributed by atoms with E-state index in [0.29, 0.717) is 18.7 Å². The molecular formula is C23H19BrN2O4. The normalized spacial score (nSPS) is 16.2. The van der Waals surface area contributed by atoms with Gasteiger partial charge in [-0.2, -0.15) is 0 Å². The summed E-state index contributed by atoms with van der Waals surface area (Å²) < 4.78 is 6.12. The van der Waals surface area contributed by atoms with Crippen LogP contribution in [0.3, 0.4) is 0 Å². The number of imide groups is 1. The van der Waals surface area contributed by atoms with E-state index in [1.807, 2.05) is 30.3 Å². The summed E-state index contributed by atoms with van der Waals surface area (Å²) in [5.74, 6) is -0.996. The third-order valence-electron chi connectivity index (χ3n) is 5.06. The molecule has 2 aromatic carbocycles. The minimum atomic E-state index is -0.873. The van der Waals surface area contributed by atoms with E-state index in [1.54, 1.807) is 36.4 Å². The van der Waals surface area contributed by atoms with Gasteiger partial charge in [-0.3, -0.25) is 14.4 Å². The Balaban J connectivity index is 1.61. The van der Waals surface area contributed by atoms with Crippen LogP contribution in [-0.2, 0) is 16.0 Å². The summed E-state index contributed by atoms with van der Waals surface area (Å²) in [7, 11) is 0. The Hall–Kier alpha value is -3.19. The Bertz CT molecular complexity index is 1050. The SMILES string of the molecule is O=C1CC(N(CCc2ccccc2)C(=O)c2ccco2)C(=O)N1c1ccc(Br)cc1. The van der Waals surface area contributed by atoms with Crippen molar-refractivity contribution in [3.63, 3.8) is 0 Å². The zero-order valence-corrected chi connectivity index (χ0v) is 17.6. The molecular weight excluding hydrogens is 448 g/mol. The molecule has 1 saturated heterocycles. The van der Waals surface area contributed by atoms with Gasteiger partial charge in [-0.15, -0.1) is 0 Å². The third-order valence-corrected chi connectivity index (χ3v) is 5.59. The van der Waals surface area contributed by atoms with Crippen molar-refractivity contribution in [2.45, 2.75) is 18.9 Å². The predicted molar refractivity (Wildman–Crippen MR) is 115 cm³/mol. The van der Waals surface area contributed by atoms with Crippen molar-refractivity contribution in [3.8, 4) is 0 Å². The van der Waals surface area contributed by atoms with Crippen LogP contribution < -0.4 is 4.90 Å². The van der Waals surface area contributed by atoms with Crippen molar-refractivity contribution < 1.29 is 18.8 Å². The smallest absolute Gasteiger partial charge is 0.290 e. The van der Waals surface area contributed by atoms with Crippen LogP contribution in [0.2, 0.25) is 0 Å². The second kappa shape index (κ2) is 8.67. The van der Waals surface area contributed by atoms with Crippen LogP contribution in [-0.4, -0.2) is 35.2 Å². The number of rotatable bonds is 6. The first-order valence-electron chi connectivity index (χ1n) is 9.55. The van der Waals surface area contributed by atoms with Crippen molar-refractivity contribution in [2.24, 2.45) is 0 Å². The summed E-state index contributed by atoms with van der Waals surface area (Å²) in [4.78, 5) is 41.6. The molecule has 1 fully saturated rings. The van der Waals surface area contributed by atoms with Crippen molar-refractivity contribution in [1.82, 2.24) is 4.90 Å². The fraction of sp³-hybridized carbons (Fsp3) is 0.174. The Morgan fingerprint density at radius 1 is 1.03 bits per heavy atom. The molecule has 0 radical (unpaired) electrons. The molecule has 3 amide bonds. The summed E-state index contributed by atoms with van der Waals surface area (Å²) in [6.45, 7) is 0.293. The van der Waals surface area contributed by atoms with Crippen molar-refractivity contribution in [2.75, 3.05) is 11.4 Å². The molecule has 1 unspecified atom stereocenters. The van der Waals surface area contributed by atoms with E-state index in [2.05, 4.69) is 15.9 Å². The first-order chi connectivity index (χ1) is 14.5. The zero-order valence-electron chi connectivity index (χ0n) is 16.0. The molecule has 1 aromatic heterocycles. The lowest BCUT2D eigenvalue weighted by molar-refractivity contribution is -0.122. The number of hydrogen-bond acceptors (Lipinski definition) is 4. The van der Waals surface area contributed by atoms with E-state index in [-0.39, 0.29) is 18.1 Å². The number of carbonyl (C=O) groups excluding carboxylic acids is 3. The molecule has 0 aliphatic carbocycles. The van der Waals surface area contributed by atoms with E-state index >= 15 is 0 Å². The minimum absolute atomic E-state index is 0.0594. The van der Waals surface area contributed by atoms with E-state index < -0.39 is 17.9 Å². The lowest BCUT2D eigenvalue weighted by Gasteiger charge is -2.27. The Labute approximate surface area is 182 Å². The number of halogens is 1. The molecule has 0 bridgehead atoms. The molecule has 4 rings (SSSR count). The zero-order chi connectivity index (χ0) is 21.1. The third kappa shape index (κ3) is 4.07. The summed E-state index contributed by atoms with van der Waals surface area (Å²) in [5.41, 5.74) is 1.53. The van der Waals surface area contributed by atoms with Gasteiger partial charge in [0.2, 0.25) is 5.91 Å². The van der Waals surface area contributed by atoms with Gasteiger partial charge in [0.1, 0.15) is 6.04 Å². The second-order valence-electron chi connectivity index (χ2n) is 6.98. The van der Waals surface area contributed by atoms with Gasteiger partial charge in [0.15, 0.2) is 5.76 Å². The van der Waals surface area contributed by atoms with Gasteiger partial charge in [0.25, 0.3) is 11.8 Å². The minimum Gasteiger partial charge on any atom is -0.459 e. The number of amides is 3. The quantitative estimate of drug-likeness (QED) is 0.513. The molecule has 3 aromatic rings. The van der Waals surface area contributed by atoms with Gasteiger partial charge in [-0.05, 0) is 48.4 Å². The first kappa shape index (κ1) is 20.1. The lowest BCUT2D eigenvalue weighted by Crippen LogP contribution is -2.46. The molecule has 2 heterocycles. The number of benzene rings is 2. The Morgan fingerprint density at radius 2 is 1.77 bits per heavy atom. The predicted octanol–water partition coefficient (Wildman–Crippen LogP) is 4.06. The van der Waals surface area contributed by atoms with Gasteiger partial charge in [-0.25, -0.2) is 4.90 Å². The number of hydrogen-bond donors (Lipinski definition) is 0. The molecule has 30 heavy (non-hydrogen) atoms. The molecule has 152 valence electrons. The first-order valence-corrected chi connectivity index (χ1v) is 10.3. The maximum absolute atomic E-state index is 13.2. The van der Waals surface area contributed by atoms with E-state index in [1.165, 1.54) is 11.2 Å². The van der Waals surface area contributed by atoms with E-state index in [9.17, 15) is 14.4 Å². The average Bonchev–Trinajstić information content (AvgIpc) is 3.39. The number of anilines is 1. The molecule has 0 N–H and O–H groups in total. The maximum atomic E-state index is 13.2. The molecule has 1 atom stereocenters. The summed E-state index contributed by atoms with van der Waals surface area (Å²) in [6.07, 6.45) is 1.91. The fourth-order valence-electron chi connectivity index (χ4n) is 3.56. The van der Waals surface area contributed by atoms with Crippen LogP contribution in [0.5, 0.6) is 0 Å². The number of nitrogens with zero attached hydrogens (tertiary/aromatic N) is 2. The molecule has 1 aliphatic heterocycles. The van der Waals surface area contributed by atoms with Crippen LogP contribution in [0.4, 0.5) is 5.69 Å². The molecule has 1 aliphatic rings. The maximum Gasteiger partial charge on any atom is 0.290 e. The summed E-state index contributed by atoms with van der Waals surface area (Å²) >= 11 is 3.35. The Kier molecular flexibility index (Phi) is 5.81. The van der Waals surface area contributed by atoms with Crippen molar-refractivity contribution in [1.29, 1.82) is 0 Å². The van der Waals surface area contributed by atoms with E-state index in [4.69, 9.17) is 4.42 Å². The van der Waals surface area contributed by atoms with Crippen LogP contribution in [0.25, 0.3) is 0 Å². The van der Waals surface area contributed by atoms with Gasteiger partial charge < -0.3 is 9.32 Å². The van der Waals surface area contributed by atoms with Gasteiger partial charge >= 0.3 is 0 Å². The van der Waals surface area contributed by atoms with Crippen LogP contribution >= 0.6 is 15.9 Å². The second-order valence-corrected chi connectivity index (χ2v) is 7.89. The molecule has 0 saturated carbocycles. The van der Waals surface area contributed by atoms with Gasteiger partial charge in [0.05, 0.1) is 18.4 Å². The molecule has 0 spiro atoms. The van der Waals surface area contributed by atoms with Crippen LogP contribution in [0.15, 0.2) is 81.9 Å². The highest BCUT2D eigenvalue weighted by Crippen LogP contribution is 2.28. The largest absolute Gasteiger partial charge is 0.459 e. The monoisotopic (exact) mass is 466 g/mol.